The molecule has 1 atom stereocenters. The Kier molecular flexibility index (Phi) is 5.10. The van der Waals surface area contributed by atoms with Crippen LogP contribution in [0.25, 0.3) is 33.4 Å². The zero-order valence-corrected chi connectivity index (χ0v) is 18.1. The van der Waals surface area contributed by atoms with E-state index < -0.39 is 11.9 Å². The number of methoxy groups -OCH3 is 1. The van der Waals surface area contributed by atoms with E-state index in [-0.39, 0.29) is 17.5 Å². The highest BCUT2D eigenvalue weighted by Gasteiger charge is 2.28. The van der Waals surface area contributed by atoms with Crippen molar-refractivity contribution in [3.05, 3.63) is 66.3 Å². The molecule has 4 heterocycles. The molecule has 0 bridgehead atoms. The molecule has 1 aromatic carbocycles. The topological polar surface area (TPSA) is 142 Å². The highest BCUT2D eigenvalue weighted by atomic mass is 19.1. The number of nitriles is 1. The molecule has 0 fully saturated rings. The fourth-order valence-electron chi connectivity index (χ4n) is 3.88. The van der Waals surface area contributed by atoms with Crippen molar-refractivity contribution in [1.82, 2.24) is 29.7 Å². The Morgan fingerprint density at radius 1 is 1.18 bits per heavy atom. The van der Waals surface area contributed by atoms with Crippen LogP contribution in [-0.4, -0.2) is 36.8 Å². The van der Waals surface area contributed by atoms with Crippen LogP contribution < -0.4 is 10.5 Å². The number of benzene rings is 1. The molecule has 10 nitrogen and oxygen atoms in total. The van der Waals surface area contributed by atoms with Gasteiger partial charge in [-0.1, -0.05) is 17.3 Å². The van der Waals surface area contributed by atoms with Crippen molar-refractivity contribution >= 4 is 16.9 Å². The maximum Gasteiger partial charge on any atom is 0.316 e. The molecular weight excluding hydrogens is 439 g/mol. The number of hydrogen-bond donors (Lipinski definition) is 1. The molecule has 34 heavy (non-hydrogen) atoms. The number of rotatable bonds is 5. The average molecular weight is 456 g/mol. The van der Waals surface area contributed by atoms with E-state index in [1.165, 1.54) is 31.9 Å². The van der Waals surface area contributed by atoms with E-state index in [4.69, 9.17) is 15.0 Å². The van der Waals surface area contributed by atoms with E-state index in [0.29, 0.717) is 39.2 Å². The molecule has 0 aliphatic rings. The van der Waals surface area contributed by atoms with E-state index in [1.54, 1.807) is 28.8 Å². The van der Waals surface area contributed by atoms with Gasteiger partial charge in [-0.25, -0.2) is 24.3 Å². The molecule has 0 saturated heterocycles. The minimum atomic E-state index is -0.535. The van der Waals surface area contributed by atoms with Crippen LogP contribution in [0.2, 0.25) is 0 Å². The summed E-state index contributed by atoms with van der Waals surface area (Å²) < 4.78 is 26.5. The molecule has 0 aliphatic carbocycles. The monoisotopic (exact) mass is 456 g/mol. The Morgan fingerprint density at radius 3 is 2.65 bits per heavy atom. The summed E-state index contributed by atoms with van der Waals surface area (Å²) in [4.78, 5) is 16.8. The molecule has 0 aliphatic heterocycles. The fraction of sp³-hybridized carbons (Fsp3) is 0.130. The van der Waals surface area contributed by atoms with Crippen LogP contribution in [0.1, 0.15) is 24.4 Å². The summed E-state index contributed by atoms with van der Waals surface area (Å²) in [6.45, 7) is 1.82. The first-order valence-corrected chi connectivity index (χ1v) is 10.2. The second-order valence-electron chi connectivity index (χ2n) is 7.39. The Bertz CT molecular complexity index is 1550. The summed E-state index contributed by atoms with van der Waals surface area (Å²) in [7, 11) is 1.46. The zero-order valence-electron chi connectivity index (χ0n) is 18.1. The smallest absolute Gasteiger partial charge is 0.316 e. The SMILES string of the molecule is COc1ncc(-c2c(C#N)n([C@@H](C)c3cc(-c4ccccc4F)no3)c3ncnc(N)c23)cn1. The predicted molar refractivity (Wildman–Crippen MR) is 120 cm³/mol. The van der Waals surface area contributed by atoms with Gasteiger partial charge in [0.2, 0.25) is 0 Å². The van der Waals surface area contributed by atoms with E-state index in [1.807, 2.05) is 6.92 Å². The quantitative estimate of drug-likeness (QED) is 0.418. The standard InChI is InChI=1S/C23H17FN8O2/c1-12(18-7-16(31-34-18)14-5-3-4-6-15(14)24)32-17(8-25)19(13-9-27-23(33-2)28-10-13)20-21(26)29-11-30-22(20)32/h3-7,9-12H,1-2H3,(H2,26,29,30)/t12-/m0/s1. The van der Waals surface area contributed by atoms with Crippen LogP contribution in [-0.2, 0) is 0 Å². The normalized spacial score (nSPS) is 11.9. The molecule has 5 rings (SSSR count). The van der Waals surface area contributed by atoms with Gasteiger partial charge in [-0.15, -0.1) is 0 Å². The van der Waals surface area contributed by atoms with Crippen LogP contribution in [0.4, 0.5) is 10.2 Å². The van der Waals surface area contributed by atoms with E-state index >= 15 is 0 Å². The average Bonchev–Trinajstić information content (AvgIpc) is 3.48. The molecule has 0 spiro atoms. The summed E-state index contributed by atoms with van der Waals surface area (Å²) in [5, 5.41) is 14.7. The molecule has 0 amide bonds. The minimum absolute atomic E-state index is 0.186. The van der Waals surface area contributed by atoms with Crippen molar-refractivity contribution in [2.75, 3.05) is 12.8 Å². The highest BCUT2D eigenvalue weighted by molar-refractivity contribution is 6.03. The lowest BCUT2D eigenvalue weighted by Crippen LogP contribution is -2.09. The number of hydrogen-bond acceptors (Lipinski definition) is 9. The first kappa shape index (κ1) is 21.0. The molecule has 0 radical (unpaired) electrons. The van der Waals surface area contributed by atoms with Crippen molar-refractivity contribution in [2.45, 2.75) is 13.0 Å². The van der Waals surface area contributed by atoms with E-state index in [2.05, 4.69) is 31.2 Å². The molecule has 5 aromatic rings. The minimum Gasteiger partial charge on any atom is -0.467 e. The number of fused-ring (bicyclic) bond motifs is 1. The van der Waals surface area contributed by atoms with Crippen molar-refractivity contribution < 1.29 is 13.7 Å². The predicted octanol–water partition coefficient (Wildman–Crippen LogP) is 3.75. The number of ether oxygens (including phenoxy) is 1. The third-order valence-electron chi connectivity index (χ3n) is 5.50. The molecule has 0 unspecified atom stereocenters. The van der Waals surface area contributed by atoms with Crippen LogP contribution in [0.15, 0.2) is 53.6 Å². The number of nitrogens with zero attached hydrogens (tertiary/aromatic N) is 7. The number of anilines is 1. The molecule has 0 saturated carbocycles. The number of nitrogen functional groups attached to an aromatic ring is 1. The zero-order chi connectivity index (χ0) is 23.8. The summed E-state index contributed by atoms with van der Waals surface area (Å²) >= 11 is 0. The molecule has 4 aromatic heterocycles. The van der Waals surface area contributed by atoms with Gasteiger partial charge in [0.25, 0.3) is 0 Å². The number of aromatic nitrogens is 6. The van der Waals surface area contributed by atoms with Gasteiger partial charge in [-0.2, -0.15) is 5.26 Å². The van der Waals surface area contributed by atoms with Crippen LogP contribution in [0.3, 0.4) is 0 Å². The van der Waals surface area contributed by atoms with E-state index in [0.717, 1.165) is 0 Å². The van der Waals surface area contributed by atoms with Gasteiger partial charge in [-0.3, -0.25) is 0 Å². The largest absolute Gasteiger partial charge is 0.467 e. The van der Waals surface area contributed by atoms with Crippen LogP contribution >= 0.6 is 0 Å². The Hall–Kier alpha value is -4.85. The van der Waals surface area contributed by atoms with Gasteiger partial charge >= 0.3 is 6.01 Å². The fourth-order valence-corrected chi connectivity index (χ4v) is 3.88. The van der Waals surface area contributed by atoms with Gasteiger partial charge < -0.3 is 19.6 Å². The maximum atomic E-state index is 14.2. The molecule has 11 heteroatoms. The molecule has 168 valence electrons. The van der Waals surface area contributed by atoms with Crippen LogP contribution in [0, 0.1) is 17.1 Å². The first-order valence-electron chi connectivity index (χ1n) is 10.2. The maximum absolute atomic E-state index is 14.2. The lowest BCUT2D eigenvalue weighted by molar-refractivity contribution is 0.355. The molecular formula is C23H17FN8O2. The number of halogens is 1. The Balaban J connectivity index is 1.69. The second-order valence-corrected chi connectivity index (χ2v) is 7.39. The van der Waals surface area contributed by atoms with Crippen molar-refractivity contribution in [1.29, 1.82) is 5.26 Å². The molecule has 2 N–H and O–H groups in total. The third kappa shape index (κ3) is 3.29. The lowest BCUT2D eigenvalue weighted by Gasteiger charge is -2.13. The number of nitrogens with two attached hydrogens (primary N) is 1. The van der Waals surface area contributed by atoms with Crippen molar-refractivity contribution in [3.8, 4) is 34.5 Å². The van der Waals surface area contributed by atoms with Crippen LogP contribution in [0.5, 0.6) is 6.01 Å². The Labute approximate surface area is 192 Å². The van der Waals surface area contributed by atoms with Gasteiger partial charge in [-0.05, 0) is 19.1 Å². The summed E-state index contributed by atoms with van der Waals surface area (Å²) in [5.74, 6) is 0.186. The van der Waals surface area contributed by atoms with Crippen molar-refractivity contribution in [3.63, 3.8) is 0 Å². The third-order valence-corrected chi connectivity index (χ3v) is 5.50. The van der Waals surface area contributed by atoms with Gasteiger partial charge in [0, 0.05) is 35.2 Å². The van der Waals surface area contributed by atoms with E-state index in [9.17, 15) is 9.65 Å². The first-order chi connectivity index (χ1) is 16.5. The second kappa shape index (κ2) is 8.25. The summed E-state index contributed by atoms with van der Waals surface area (Å²) in [6.07, 6.45) is 4.39. The van der Waals surface area contributed by atoms with Gasteiger partial charge in [0.15, 0.2) is 5.76 Å². The Morgan fingerprint density at radius 2 is 1.94 bits per heavy atom. The highest BCUT2D eigenvalue weighted by Crippen LogP contribution is 2.39. The van der Waals surface area contributed by atoms with Gasteiger partial charge in [0.1, 0.15) is 41.1 Å². The lowest BCUT2D eigenvalue weighted by atomic mass is 10.1. The van der Waals surface area contributed by atoms with Gasteiger partial charge in [0.05, 0.1) is 18.5 Å². The van der Waals surface area contributed by atoms with Crippen molar-refractivity contribution in [2.24, 2.45) is 0 Å². The summed E-state index contributed by atoms with van der Waals surface area (Å²) in [6, 6.07) is 9.80. The summed E-state index contributed by atoms with van der Waals surface area (Å²) in [5.41, 5.74) is 8.56.